The molecule has 0 radical (unpaired) electrons. The van der Waals surface area contributed by atoms with Crippen LogP contribution in [-0.2, 0) is 14.9 Å². The Hall–Kier alpha value is -3.08. The molecule has 1 fully saturated rings. The van der Waals surface area contributed by atoms with Crippen LogP contribution in [0.2, 0.25) is 0 Å². The Morgan fingerprint density at radius 2 is 1.55 bits per heavy atom. The molecule has 2 aromatic rings. The summed E-state index contributed by atoms with van der Waals surface area (Å²) >= 11 is 0. The van der Waals surface area contributed by atoms with Crippen LogP contribution in [0, 0.1) is 0 Å². The number of anilines is 2. The maximum absolute atomic E-state index is 13.1. The second-order valence-electron chi connectivity index (χ2n) is 8.33. The Balaban J connectivity index is 1.75. The first-order chi connectivity index (χ1) is 13.7. The van der Waals surface area contributed by atoms with Crippen LogP contribution < -0.4 is 10.6 Å². The summed E-state index contributed by atoms with van der Waals surface area (Å²) in [5.74, 6) is -0.0604. The molecular weight excluding hydrogens is 364 g/mol. The largest absolute Gasteiger partial charge is 0.444 e. The zero-order valence-corrected chi connectivity index (χ0v) is 17.4. The average molecular weight is 392 g/mol. The Bertz CT molecular complexity index is 920. The van der Waals surface area contributed by atoms with E-state index in [0.717, 1.165) is 24.0 Å². The zero-order valence-electron chi connectivity index (χ0n) is 17.4. The van der Waals surface area contributed by atoms with Gasteiger partial charge in [0.1, 0.15) is 5.60 Å². The summed E-state index contributed by atoms with van der Waals surface area (Å²) in [5.41, 5.74) is 2.09. The van der Waals surface area contributed by atoms with Gasteiger partial charge in [0.05, 0.1) is 16.8 Å². The fraction of sp³-hybridized carbons (Fsp3) is 0.333. The molecule has 0 heterocycles. The fourth-order valence-corrected chi connectivity index (χ4v) is 3.23. The van der Waals surface area contributed by atoms with Crippen LogP contribution in [0.15, 0.2) is 54.6 Å². The molecule has 3 rings (SSSR count). The van der Waals surface area contributed by atoms with Gasteiger partial charge in [0.15, 0.2) is 0 Å². The molecule has 1 aliphatic carbocycles. The van der Waals surface area contributed by atoms with Crippen LogP contribution in [0.1, 0.15) is 51.7 Å². The zero-order chi connectivity index (χ0) is 21.1. The van der Waals surface area contributed by atoms with Crippen molar-refractivity contribution in [2.75, 3.05) is 10.6 Å². The van der Waals surface area contributed by atoms with E-state index in [1.165, 1.54) is 0 Å². The number of hydrogen-bond donors (Lipinski definition) is 2. The van der Waals surface area contributed by atoms with Crippen molar-refractivity contribution in [1.82, 2.24) is 0 Å². The molecule has 0 atom stereocenters. The van der Waals surface area contributed by atoms with E-state index in [2.05, 4.69) is 10.6 Å². The van der Waals surface area contributed by atoms with Crippen LogP contribution in [-0.4, -0.2) is 17.6 Å². The fourth-order valence-electron chi connectivity index (χ4n) is 3.23. The first-order valence-corrected chi connectivity index (χ1v) is 9.87. The van der Waals surface area contributed by atoms with Gasteiger partial charge in [-0.05, 0) is 63.8 Å². The predicted octanol–water partition coefficient (Wildman–Crippen LogP) is 5.74. The van der Waals surface area contributed by atoms with Gasteiger partial charge in [0, 0.05) is 0 Å². The molecule has 5 heteroatoms. The lowest BCUT2D eigenvalue weighted by molar-refractivity contribution is -0.118. The highest BCUT2D eigenvalue weighted by molar-refractivity contribution is 6.04. The smallest absolute Gasteiger partial charge is 0.412 e. The van der Waals surface area contributed by atoms with Gasteiger partial charge < -0.3 is 10.1 Å². The van der Waals surface area contributed by atoms with E-state index in [1.54, 1.807) is 39.0 Å². The Morgan fingerprint density at radius 3 is 2.07 bits per heavy atom. The van der Waals surface area contributed by atoms with Crippen LogP contribution in [0.25, 0.3) is 6.08 Å². The minimum atomic E-state index is -0.598. The summed E-state index contributed by atoms with van der Waals surface area (Å²) in [6.45, 7) is 7.39. The summed E-state index contributed by atoms with van der Waals surface area (Å²) in [4.78, 5) is 25.2. The molecule has 2 N–H and O–H groups in total. The number of carbonyl (C=O) groups excluding carboxylic acids is 2. The second-order valence-corrected chi connectivity index (χ2v) is 8.33. The number of amides is 2. The van der Waals surface area contributed by atoms with Gasteiger partial charge in [-0.15, -0.1) is 0 Å². The minimum absolute atomic E-state index is 0.0604. The molecule has 152 valence electrons. The Morgan fingerprint density at radius 1 is 0.966 bits per heavy atom. The minimum Gasteiger partial charge on any atom is -0.444 e. The van der Waals surface area contributed by atoms with Crippen LogP contribution >= 0.6 is 0 Å². The third-order valence-corrected chi connectivity index (χ3v) is 4.82. The van der Waals surface area contributed by atoms with Crippen molar-refractivity contribution >= 4 is 29.5 Å². The van der Waals surface area contributed by atoms with Crippen molar-refractivity contribution < 1.29 is 14.3 Å². The molecular formula is C24H28N2O3. The summed E-state index contributed by atoms with van der Waals surface area (Å²) < 4.78 is 5.31. The number of benzene rings is 2. The van der Waals surface area contributed by atoms with Gasteiger partial charge >= 0.3 is 6.09 Å². The maximum atomic E-state index is 13.1. The van der Waals surface area contributed by atoms with Crippen LogP contribution in [0.3, 0.4) is 0 Å². The highest BCUT2D eigenvalue weighted by atomic mass is 16.6. The topological polar surface area (TPSA) is 67.4 Å². The van der Waals surface area contributed by atoms with E-state index in [0.29, 0.717) is 11.4 Å². The number of ether oxygens (including phenoxy) is 1. The summed E-state index contributed by atoms with van der Waals surface area (Å²) in [5, 5.41) is 5.72. The standard InChI is InChI=1S/C24H28N2O3/c1-5-8-17-11-13-18(14-12-17)24(15-16-24)21(27)25-19-9-6-7-10-20(19)26-22(28)29-23(2,3)4/h5-14H,15-16H2,1-4H3,(H,25,27)(H,26,28)/b8-5+. The van der Waals surface area contributed by atoms with E-state index in [4.69, 9.17) is 4.74 Å². The third kappa shape index (κ3) is 5.05. The van der Waals surface area contributed by atoms with Crippen molar-refractivity contribution in [3.05, 3.63) is 65.7 Å². The lowest BCUT2D eigenvalue weighted by Gasteiger charge is -2.21. The van der Waals surface area contributed by atoms with Crippen molar-refractivity contribution in [2.24, 2.45) is 0 Å². The van der Waals surface area contributed by atoms with Crippen molar-refractivity contribution in [1.29, 1.82) is 0 Å². The van der Waals surface area contributed by atoms with Crippen LogP contribution in [0.4, 0.5) is 16.2 Å². The van der Waals surface area contributed by atoms with E-state index < -0.39 is 17.1 Å². The average Bonchev–Trinajstić information content (AvgIpc) is 3.45. The molecule has 0 bridgehead atoms. The van der Waals surface area contributed by atoms with E-state index in [1.807, 2.05) is 49.4 Å². The lowest BCUT2D eigenvalue weighted by atomic mass is 9.93. The highest BCUT2D eigenvalue weighted by Crippen LogP contribution is 2.49. The van der Waals surface area contributed by atoms with Gasteiger partial charge in [-0.1, -0.05) is 48.6 Å². The monoisotopic (exact) mass is 392 g/mol. The molecule has 1 aliphatic rings. The van der Waals surface area contributed by atoms with E-state index in [9.17, 15) is 9.59 Å². The predicted molar refractivity (Wildman–Crippen MR) is 117 cm³/mol. The molecule has 0 spiro atoms. The van der Waals surface area contributed by atoms with Gasteiger partial charge in [-0.3, -0.25) is 10.1 Å². The highest BCUT2D eigenvalue weighted by Gasteiger charge is 2.51. The van der Waals surface area contributed by atoms with Gasteiger partial charge in [0.2, 0.25) is 5.91 Å². The van der Waals surface area contributed by atoms with Crippen molar-refractivity contribution in [2.45, 2.75) is 51.6 Å². The second kappa shape index (κ2) is 8.11. The van der Waals surface area contributed by atoms with Gasteiger partial charge in [0.25, 0.3) is 0 Å². The van der Waals surface area contributed by atoms with Gasteiger partial charge in [-0.2, -0.15) is 0 Å². The van der Waals surface area contributed by atoms with Crippen molar-refractivity contribution in [3.63, 3.8) is 0 Å². The van der Waals surface area contributed by atoms with Crippen molar-refractivity contribution in [3.8, 4) is 0 Å². The van der Waals surface area contributed by atoms with E-state index >= 15 is 0 Å². The number of allylic oxidation sites excluding steroid dienone is 1. The molecule has 0 unspecified atom stereocenters. The lowest BCUT2D eigenvalue weighted by Crippen LogP contribution is -2.29. The SMILES string of the molecule is C/C=C/c1ccc(C2(C(=O)Nc3ccccc3NC(=O)OC(C)(C)C)CC2)cc1. The Labute approximate surface area is 172 Å². The molecule has 5 nitrogen and oxygen atoms in total. The number of hydrogen-bond acceptors (Lipinski definition) is 3. The number of rotatable bonds is 5. The molecule has 0 aromatic heterocycles. The normalized spacial score (nSPS) is 15.0. The molecule has 0 aliphatic heterocycles. The first-order valence-electron chi connectivity index (χ1n) is 9.87. The first kappa shape index (κ1) is 20.6. The molecule has 2 aromatic carbocycles. The number of para-hydroxylation sites is 2. The summed E-state index contributed by atoms with van der Waals surface area (Å²) in [6.07, 6.45) is 5.08. The molecule has 2 amide bonds. The number of nitrogens with one attached hydrogen (secondary N) is 2. The van der Waals surface area contributed by atoms with Gasteiger partial charge in [-0.25, -0.2) is 4.79 Å². The quantitative estimate of drug-likeness (QED) is 0.682. The maximum Gasteiger partial charge on any atom is 0.412 e. The molecule has 0 saturated heterocycles. The molecule has 1 saturated carbocycles. The third-order valence-electron chi connectivity index (χ3n) is 4.82. The number of carbonyl (C=O) groups is 2. The summed E-state index contributed by atoms with van der Waals surface area (Å²) in [6, 6.07) is 15.2. The summed E-state index contributed by atoms with van der Waals surface area (Å²) in [7, 11) is 0. The Kier molecular flexibility index (Phi) is 5.78. The van der Waals surface area contributed by atoms with Crippen LogP contribution in [0.5, 0.6) is 0 Å². The molecule has 29 heavy (non-hydrogen) atoms. The van der Waals surface area contributed by atoms with E-state index in [-0.39, 0.29) is 5.91 Å².